The molecule has 1 aromatic rings. The Morgan fingerprint density at radius 2 is 2.00 bits per heavy atom. The van der Waals surface area contributed by atoms with Crippen LogP contribution in [0.2, 0.25) is 5.02 Å². The van der Waals surface area contributed by atoms with Crippen molar-refractivity contribution >= 4 is 34.4 Å². The second-order valence-corrected chi connectivity index (χ2v) is 7.93. The summed E-state index contributed by atoms with van der Waals surface area (Å²) < 4.78 is 0. The fourth-order valence-electron chi connectivity index (χ4n) is 3.24. The number of carboxylic acid groups (broad SMARTS) is 1. The van der Waals surface area contributed by atoms with Crippen molar-refractivity contribution in [3.05, 3.63) is 34.3 Å². The maximum absolute atomic E-state index is 11.5. The van der Waals surface area contributed by atoms with Gasteiger partial charge in [-0.3, -0.25) is 9.59 Å². The lowest BCUT2D eigenvalue weighted by molar-refractivity contribution is -0.137. The smallest absolute Gasteiger partial charge is 0.303 e. The quantitative estimate of drug-likeness (QED) is 0.725. The summed E-state index contributed by atoms with van der Waals surface area (Å²) in [5.74, 6) is -0.313. The Kier molecular flexibility index (Phi) is 6.97. The summed E-state index contributed by atoms with van der Waals surface area (Å²) in [6, 6.07) is 6.01. The first-order valence-corrected chi connectivity index (χ1v) is 9.41. The molecule has 0 bridgehead atoms. The van der Waals surface area contributed by atoms with E-state index >= 15 is 0 Å². The van der Waals surface area contributed by atoms with Gasteiger partial charge in [0.2, 0.25) is 0 Å². The van der Waals surface area contributed by atoms with Crippen LogP contribution in [0.25, 0.3) is 0 Å². The van der Waals surface area contributed by atoms with Gasteiger partial charge in [-0.1, -0.05) is 54.8 Å². The summed E-state index contributed by atoms with van der Waals surface area (Å²) >= 11 is 7.68. The van der Waals surface area contributed by atoms with E-state index in [1.807, 2.05) is 12.1 Å². The van der Waals surface area contributed by atoms with E-state index in [0.29, 0.717) is 12.3 Å². The SMILES string of the molecule is CC(=O)SC(CCC(=O)O)c1ccc(C2CCCCC2)c(Cl)c1. The average molecular weight is 355 g/mol. The molecule has 1 saturated carbocycles. The summed E-state index contributed by atoms with van der Waals surface area (Å²) in [7, 11) is 0. The number of halogens is 1. The van der Waals surface area contributed by atoms with Crippen molar-refractivity contribution in [3.63, 3.8) is 0 Å². The van der Waals surface area contributed by atoms with Gasteiger partial charge >= 0.3 is 5.97 Å². The molecule has 126 valence electrons. The minimum absolute atomic E-state index is 0.00660. The highest BCUT2D eigenvalue weighted by molar-refractivity contribution is 8.13. The molecular formula is C18H23ClO3S. The number of aliphatic carboxylic acids is 1. The van der Waals surface area contributed by atoms with Crippen LogP contribution in [-0.2, 0) is 9.59 Å². The van der Waals surface area contributed by atoms with E-state index in [9.17, 15) is 9.59 Å². The second kappa shape index (κ2) is 8.74. The Labute approximate surface area is 146 Å². The third kappa shape index (κ3) is 5.54. The molecule has 1 aromatic carbocycles. The normalized spacial score (nSPS) is 17.0. The number of carboxylic acids is 1. The second-order valence-electron chi connectivity index (χ2n) is 6.15. The van der Waals surface area contributed by atoms with Gasteiger partial charge in [0.1, 0.15) is 0 Å². The van der Waals surface area contributed by atoms with Gasteiger partial charge in [0, 0.05) is 23.6 Å². The minimum Gasteiger partial charge on any atom is -0.481 e. The number of hydrogen-bond acceptors (Lipinski definition) is 3. The Balaban J connectivity index is 2.16. The molecule has 0 aliphatic heterocycles. The Hall–Kier alpha value is -1.00. The minimum atomic E-state index is -0.843. The molecule has 1 aliphatic carbocycles. The molecule has 0 saturated heterocycles. The van der Waals surface area contributed by atoms with Crippen LogP contribution in [0.3, 0.4) is 0 Å². The monoisotopic (exact) mass is 354 g/mol. The molecule has 1 unspecified atom stereocenters. The number of carbonyl (C=O) groups excluding carboxylic acids is 1. The van der Waals surface area contributed by atoms with Gasteiger partial charge in [0.25, 0.3) is 0 Å². The molecule has 1 fully saturated rings. The zero-order valence-corrected chi connectivity index (χ0v) is 15.0. The van der Waals surface area contributed by atoms with Crippen molar-refractivity contribution < 1.29 is 14.7 Å². The number of benzene rings is 1. The predicted molar refractivity (Wildman–Crippen MR) is 95.2 cm³/mol. The van der Waals surface area contributed by atoms with Crippen molar-refractivity contribution in [1.82, 2.24) is 0 Å². The topological polar surface area (TPSA) is 54.4 Å². The zero-order chi connectivity index (χ0) is 16.8. The van der Waals surface area contributed by atoms with Crippen LogP contribution in [0.4, 0.5) is 0 Å². The van der Waals surface area contributed by atoms with Crippen LogP contribution in [-0.4, -0.2) is 16.2 Å². The first-order chi connectivity index (χ1) is 11.0. The molecule has 23 heavy (non-hydrogen) atoms. The number of thioether (sulfide) groups is 1. The summed E-state index contributed by atoms with van der Waals surface area (Å²) in [6.45, 7) is 1.51. The average Bonchev–Trinajstić information content (AvgIpc) is 2.51. The lowest BCUT2D eigenvalue weighted by atomic mass is 9.83. The fourth-order valence-corrected chi connectivity index (χ4v) is 4.50. The highest BCUT2D eigenvalue weighted by Crippen LogP contribution is 2.40. The van der Waals surface area contributed by atoms with E-state index in [1.54, 1.807) is 0 Å². The molecule has 1 aliphatic rings. The molecule has 3 nitrogen and oxygen atoms in total. The van der Waals surface area contributed by atoms with Crippen molar-refractivity contribution in [2.45, 2.75) is 63.0 Å². The first-order valence-electron chi connectivity index (χ1n) is 8.15. The van der Waals surface area contributed by atoms with Gasteiger partial charge in [-0.05, 0) is 42.4 Å². The van der Waals surface area contributed by atoms with Crippen LogP contribution in [0.5, 0.6) is 0 Å². The number of rotatable bonds is 6. The van der Waals surface area contributed by atoms with Crippen LogP contribution < -0.4 is 0 Å². The molecule has 5 heteroatoms. The van der Waals surface area contributed by atoms with E-state index < -0.39 is 5.97 Å². The number of carbonyl (C=O) groups is 2. The molecule has 1 N–H and O–H groups in total. The van der Waals surface area contributed by atoms with E-state index in [0.717, 1.165) is 10.6 Å². The molecule has 1 atom stereocenters. The van der Waals surface area contributed by atoms with E-state index in [2.05, 4.69) is 6.07 Å². The molecule has 0 heterocycles. The van der Waals surface area contributed by atoms with Gasteiger partial charge in [-0.15, -0.1) is 0 Å². The Morgan fingerprint density at radius 3 is 2.57 bits per heavy atom. The zero-order valence-electron chi connectivity index (χ0n) is 13.4. The summed E-state index contributed by atoms with van der Waals surface area (Å²) in [5, 5.41) is 9.48. The lowest BCUT2D eigenvalue weighted by Gasteiger charge is -2.24. The molecule has 2 rings (SSSR count). The largest absolute Gasteiger partial charge is 0.481 e. The van der Waals surface area contributed by atoms with Crippen molar-refractivity contribution in [1.29, 1.82) is 0 Å². The Morgan fingerprint density at radius 1 is 1.30 bits per heavy atom. The third-order valence-corrected chi connectivity index (χ3v) is 5.82. The molecule has 0 amide bonds. The van der Waals surface area contributed by atoms with Crippen LogP contribution >= 0.6 is 23.4 Å². The summed E-state index contributed by atoms with van der Waals surface area (Å²) in [5.41, 5.74) is 2.14. The molecule has 0 aromatic heterocycles. The predicted octanol–water partition coefficient (Wildman–Crippen LogP) is 5.57. The number of hydrogen-bond donors (Lipinski definition) is 1. The summed E-state index contributed by atoms with van der Waals surface area (Å²) in [4.78, 5) is 22.3. The van der Waals surface area contributed by atoms with Gasteiger partial charge in [0.15, 0.2) is 5.12 Å². The lowest BCUT2D eigenvalue weighted by Crippen LogP contribution is -2.06. The van der Waals surface area contributed by atoms with Crippen LogP contribution in [0, 0.1) is 0 Å². The maximum Gasteiger partial charge on any atom is 0.303 e. The standard InChI is InChI=1S/C18H23ClO3S/c1-12(20)23-17(9-10-18(21)22)14-7-8-15(16(19)11-14)13-5-3-2-4-6-13/h7-8,11,13,17H,2-6,9-10H2,1H3,(H,21,22). The van der Waals surface area contributed by atoms with Gasteiger partial charge in [-0.2, -0.15) is 0 Å². The van der Waals surface area contributed by atoms with Crippen LogP contribution in [0.1, 0.15) is 74.2 Å². The highest BCUT2D eigenvalue weighted by atomic mass is 35.5. The highest BCUT2D eigenvalue weighted by Gasteiger charge is 2.21. The van der Waals surface area contributed by atoms with Gasteiger partial charge in [-0.25, -0.2) is 0 Å². The maximum atomic E-state index is 11.5. The third-order valence-electron chi connectivity index (χ3n) is 4.37. The van der Waals surface area contributed by atoms with Crippen LogP contribution in [0.15, 0.2) is 18.2 Å². The fraction of sp³-hybridized carbons (Fsp3) is 0.556. The molecule has 0 spiro atoms. The van der Waals surface area contributed by atoms with Crippen molar-refractivity contribution in [2.75, 3.05) is 0 Å². The molecule has 0 radical (unpaired) electrons. The first kappa shape index (κ1) is 18.3. The van der Waals surface area contributed by atoms with Crippen molar-refractivity contribution in [3.8, 4) is 0 Å². The van der Waals surface area contributed by atoms with E-state index in [-0.39, 0.29) is 16.8 Å². The van der Waals surface area contributed by atoms with Gasteiger partial charge < -0.3 is 5.11 Å². The van der Waals surface area contributed by atoms with Crippen molar-refractivity contribution in [2.24, 2.45) is 0 Å². The van der Waals surface area contributed by atoms with E-state index in [4.69, 9.17) is 16.7 Å². The van der Waals surface area contributed by atoms with Gasteiger partial charge in [0.05, 0.1) is 0 Å². The Bertz CT molecular complexity index is 567. The summed E-state index contributed by atoms with van der Waals surface area (Å²) in [6.07, 6.45) is 6.66. The molecular weight excluding hydrogens is 332 g/mol. The van der Waals surface area contributed by atoms with E-state index in [1.165, 1.54) is 56.4 Å².